The number of nitrogens with zero attached hydrogens (tertiary/aromatic N) is 1. The Hall–Kier alpha value is -2.48. The van der Waals surface area contributed by atoms with Gasteiger partial charge in [-0.2, -0.15) is 0 Å². The van der Waals surface area contributed by atoms with Crippen molar-refractivity contribution >= 4 is 12.1 Å². The summed E-state index contributed by atoms with van der Waals surface area (Å²) < 4.78 is 10.3. The number of hydrogen-bond donors (Lipinski definition) is 0. The molecule has 1 aromatic carbocycles. The molecule has 1 amide bonds. The number of terminal acetylenes is 1. The summed E-state index contributed by atoms with van der Waals surface area (Å²) in [7, 11) is 0. The van der Waals surface area contributed by atoms with Crippen LogP contribution in [0.4, 0.5) is 4.79 Å². The smallest absolute Gasteiger partial charge is 0.413 e. The van der Waals surface area contributed by atoms with Crippen LogP contribution in [0.25, 0.3) is 0 Å². The first-order valence-corrected chi connectivity index (χ1v) is 12.8. The molecule has 1 aliphatic rings. The van der Waals surface area contributed by atoms with Gasteiger partial charge in [-0.15, -0.1) is 6.42 Å². The number of amides is 1. The molecule has 0 N–H and O–H groups in total. The summed E-state index contributed by atoms with van der Waals surface area (Å²) >= 11 is 0. The van der Waals surface area contributed by atoms with Crippen LogP contribution in [0, 0.1) is 12.3 Å². The van der Waals surface area contributed by atoms with Crippen molar-refractivity contribution in [2.75, 3.05) is 13.3 Å². The van der Waals surface area contributed by atoms with E-state index < -0.39 is 6.09 Å². The zero-order valence-corrected chi connectivity index (χ0v) is 20.4. The SMILES string of the molecule is C#CCN(C(=O)OCOC(=O)CCCCCCCCCCCCC)C1CCc2ccccc21. The van der Waals surface area contributed by atoms with Crippen molar-refractivity contribution < 1.29 is 19.1 Å². The molecular weight excluding hydrogens is 414 g/mol. The quantitative estimate of drug-likeness (QED) is 0.117. The minimum Gasteiger partial charge on any atom is -0.428 e. The van der Waals surface area contributed by atoms with E-state index in [1.54, 1.807) is 4.90 Å². The van der Waals surface area contributed by atoms with Crippen molar-refractivity contribution in [3.8, 4) is 12.3 Å². The third-order valence-corrected chi connectivity index (χ3v) is 6.36. The Morgan fingerprint density at radius 2 is 1.61 bits per heavy atom. The molecule has 182 valence electrons. The molecule has 1 aliphatic carbocycles. The molecule has 5 heteroatoms. The zero-order valence-electron chi connectivity index (χ0n) is 20.4. The predicted molar refractivity (Wildman–Crippen MR) is 132 cm³/mol. The van der Waals surface area contributed by atoms with Gasteiger partial charge >= 0.3 is 12.1 Å². The van der Waals surface area contributed by atoms with Gasteiger partial charge in [0.2, 0.25) is 6.79 Å². The maximum Gasteiger partial charge on any atom is 0.413 e. The Bertz CT molecular complexity index is 755. The number of ether oxygens (including phenoxy) is 2. The normalized spacial score (nSPS) is 14.4. The molecule has 0 spiro atoms. The maximum atomic E-state index is 12.6. The highest BCUT2D eigenvalue weighted by molar-refractivity contribution is 5.71. The molecule has 0 fully saturated rings. The summed E-state index contributed by atoms with van der Waals surface area (Å²) in [4.78, 5) is 26.1. The van der Waals surface area contributed by atoms with Crippen molar-refractivity contribution in [3.63, 3.8) is 0 Å². The molecule has 0 aromatic heterocycles. The number of rotatable bonds is 16. The number of unbranched alkanes of at least 4 members (excludes halogenated alkanes) is 10. The lowest BCUT2D eigenvalue weighted by Gasteiger charge is -2.27. The van der Waals surface area contributed by atoms with Gasteiger partial charge in [-0.25, -0.2) is 4.79 Å². The Morgan fingerprint density at radius 3 is 2.27 bits per heavy atom. The van der Waals surface area contributed by atoms with Gasteiger partial charge in [0.25, 0.3) is 0 Å². The van der Waals surface area contributed by atoms with Crippen molar-refractivity contribution in [1.29, 1.82) is 0 Å². The molecular formula is C28H41NO4. The van der Waals surface area contributed by atoms with Gasteiger partial charge in [0.05, 0.1) is 12.6 Å². The van der Waals surface area contributed by atoms with Crippen molar-refractivity contribution in [1.82, 2.24) is 4.90 Å². The van der Waals surface area contributed by atoms with E-state index in [0.717, 1.165) is 37.7 Å². The van der Waals surface area contributed by atoms with Crippen LogP contribution >= 0.6 is 0 Å². The highest BCUT2D eigenvalue weighted by Gasteiger charge is 2.31. The Balaban J connectivity index is 1.55. The Kier molecular flexibility index (Phi) is 13.1. The number of aryl methyl sites for hydroxylation is 1. The van der Waals surface area contributed by atoms with Crippen LogP contribution in [0.2, 0.25) is 0 Å². The van der Waals surface area contributed by atoms with Crippen LogP contribution in [0.1, 0.15) is 108 Å². The number of esters is 1. The van der Waals surface area contributed by atoms with Crippen LogP contribution < -0.4 is 0 Å². The fourth-order valence-electron chi connectivity index (χ4n) is 4.49. The number of carbonyl (C=O) groups is 2. The molecule has 0 saturated carbocycles. The fraction of sp³-hybridized carbons (Fsp3) is 0.643. The molecule has 33 heavy (non-hydrogen) atoms. The molecule has 0 radical (unpaired) electrons. The fourth-order valence-corrected chi connectivity index (χ4v) is 4.49. The molecule has 0 bridgehead atoms. The van der Waals surface area contributed by atoms with E-state index in [2.05, 4.69) is 18.9 Å². The van der Waals surface area contributed by atoms with E-state index >= 15 is 0 Å². The van der Waals surface area contributed by atoms with E-state index in [0.29, 0.717) is 6.42 Å². The average Bonchev–Trinajstić information content (AvgIpc) is 3.24. The largest absolute Gasteiger partial charge is 0.428 e. The minimum absolute atomic E-state index is 0.100. The van der Waals surface area contributed by atoms with Crippen LogP contribution in [0.15, 0.2) is 24.3 Å². The number of fused-ring (bicyclic) bond motifs is 1. The van der Waals surface area contributed by atoms with Crippen LogP contribution in [-0.4, -0.2) is 30.3 Å². The first-order valence-electron chi connectivity index (χ1n) is 12.8. The highest BCUT2D eigenvalue weighted by atomic mass is 16.7. The lowest BCUT2D eigenvalue weighted by atomic mass is 10.1. The van der Waals surface area contributed by atoms with Gasteiger partial charge in [-0.1, -0.05) is 101 Å². The molecule has 1 atom stereocenters. The molecule has 0 saturated heterocycles. The second kappa shape index (κ2) is 16.2. The third-order valence-electron chi connectivity index (χ3n) is 6.36. The second-order valence-corrected chi connectivity index (χ2v) is 8.92. The van der Waals surface area contributed by atoms with E-state index in [-0.39, 0.29) is 25.3 Å². The van der Waals surface area contributed by atoms with Gasteiger partial charge in [-0.05, 0) is 30.4 Å². The average molecular weight is 456 g/mol. The summed E-state index contributed by atoms with van der Waals surface area (Å²) in [6.45, 7) is 2.03. The zero-order chi connectivity index (χ0) is 23.7. The van der Waals surface area contributed by atoms with Gasteiger partial charge in [0.1, 0.15) is 0 Å². The first-order chi connectivity index (χ1) is 16.2. The summed E-state index contributed by atoms with van der Waals surface area (Å²) in [6.07, 6.45) is 20.6. The van der Waals surface area contributed by atoms with Gasteiger partial charge in [0, 0.05) is 6.42 Å². The molecule has 1 unspecified atom stereocenters. The van der Waals surface area contributed by atoms with Crippen LogP contribution in [-0.2, 0) is 20.7 Å². The molecule has 2 rings (SSSR count). The summed E-state index contributed by atoms with van der Waals surface area (Å²) in [5, 5.41) is 0. The Labute approximate surface area is 200 Å². The summed E-state index contributed by atoms with van der Waals surface area (Å²) in [6, 6.07) is 7.96. The monoisotopic (exact) mass is 455 g/mol. The highest BCUT2D eigenvalue weighted by Crippen LogP contribution is 2.35. The lowest BCUT2D eigenvalue weighted by molar-refractivity contribution is -0.152. The van der Waals surface area contributed by atoms with Gasteiger partial charge < -0.3 is 9.47 Å². The maximum absolute atomic E-state index is 12.6. The van der Waals surface area contributed by atoms with Crippen molar-refractivity contribution in [2.45, 2.75) is 103 Å². The van der Waals surface area contributed by atoms with E-state index in [4.69, 9.17) is 15.9 Å². The van der Waals surface area contributed by atoms with Crippen LogP contribution in [0.5, 0.6) is 0 Å². The molecule has 0 aliphatic heterocycles. The number of hydrogen-bond acceptors (Lipinski definition) is 4. The predicted octanol–water partition coefficient (Wildman–Crippen LogP) is 6.95. The number of carbonyl (C=O) groups excluding carboxylic acids is 2. The Morgan fingerprint density at radius 1 is 0.970 bits per heavy atom. The van der Waals surface area contributed by atoms with E-state index in [1.165, 1.54) is 56.9 Å². The first kappa shape index (κ1) is 26.8. The second-order valence-electron chi connectivity index (χ2n) is 8.92. The minimum atomic E-state index is -0.544. The topological polar surface area (TPSA) is 55.8 Å². The van der Waals surface area contributed by atoms with Gasteiger partial charge in [-0.3, -0.25) is 9.69 Å². The molecule has 1 aromatic rings. The van der Waals surface area contributed by atoms with Crippen molar-refractivity contribution in [3.05, 3.63) is 35.4 Å². The third kappa shape index (κ3) is 9.90. The molecule has 0 heterocycles. The van der Waals surface area contributed by atoms with E-state index in [9.17, 15) is 9.59 Å². The molecule has 5 nitrogen and oxygen atoms in total. The van der Waals surface area contributed by atoms with Gasteiger partial charge in [0.15, 0.2) is 0 Å². The standard InChI is InChI=1S/C28H41NO4/c1-3-5-6-7-8-9-10-11-12-13-14-19-27(30)32-23-33-28(31)29(22-4-2)26-21-20-24-17-15-16-18-25(24)26/h2,15-18,26H,3,5-14,19-23H2,1H3. The number of benzene rings is 1. The summed E-state index contributed by atoms with van der Waals surface area (Å²) in [5.41, 5.74) is 2.34. The lowest BCUT2D eigenvalue weighted by Crippen LogP contribution is -2.35. The summed E-state index contributed by atoms with van der Waals surface area (Å²) in [5.74, 6) is 2.21. The van der Waals surface area contributed by atoms with E-state index in [1.807, 2.05) is 18.2 Å². The van der Waals surface area contributed by atoms with Crippen molar-refractivity contribution in [2.24, 2.45) is 0 Å². The van der Waals surface area contributed by atoms with Crippen LogP contribution in [0.3, 0.4) is 0 Å².